The van der Waals surface area contributed by atoms with Crippen molar-refractivity contribution in [3.63, 3.8) is 0 Å². The van der Waals surface area contributed by atoms with Gasteiger partial charge in [-0.15, -0.1) is 11.3 Å². The van der Waals surface area contributed by atoms with Crippen LogP contribution >= 0.6 is 33.9 Å². The fourth-order valence-electron chi connectivity index (χ4n) is 4.13. The molecule has 0 aliphatic rings. The highest BCUT2D eigenvalue weighted by molar-refractivity contribution is 14.1. The third-order valence-electron chi connectivity index (χ3n) is 6.26. The van der Waals surface area contributed by atoms with Gasteiger partial charge in [-0.2, -0.15) is 0 Å². The van der Waals surface area contributed by atoms with Crippen LogP contribution in [0.1, 0.15) is 35.3 Å². The third kappa shape index (κ3) is 6.06. The number of rotatable bonds is 10. The number of hydrogen-bond acceptors (Lipinski definition) is 9. The van der Waals surface area contributed by atoms with Gasteiger partial charge >= 0.3 is 0 Å². The summed E-state index contributed by atoms with van der Waals surface area (Å²) in [5, 5.41) is 7.99. The summed E-state index contributed by atoms with van der Waals surface area (Å²) in [6.45, 7) is 7.15. The van der Waals surface area contributed by atoms with Gasteiger partial charge in [0.1, 0.15) is 23.6 Å². The first-order valence-electron chi connectivity index (χ1n) is 12.2. The van der Waals surface area contributed by atoms with Crippen LogP contribution in [0.3, 0.4) is 0 Å². The highest BCUT2D eigenvalue weighted by atomic mass is 127. The number of pyridine rings is 1. The van der Waals surface area contributed by atoms with Crippen molar-refractivity contribution in [3.05, 3.63) is 56.4 Å². The van der Waals surface area contributed by atoms with Crippen molar-refractivity contribution < 1.29 is 19.1 Å². The summed E-state index contributed by atoms with van der Waals surface area (Å²) in [5.74, 6) is 2.04. The second kappa shape index (κ2) is 12.6. The van der Waals surface area contributed by atoms with Crippen molar-refractivity contribution in [1.82, 2.24) is 19.9 Å². The molecular formula is C27H29IN6O4S. The predicted molar refractivity (Wildman–Crippen MR) is 162 cm³/mol. The fraction of sp³-hybridized carbons (Fsp3) is 0.296. The number of ether oxygens (including phenoxy) is 2. The number of carbonyl (C=O) groups excluding carboxylic acids is 2. The molecule has 0 unspecified atom stereocenters. The Hall–Kier alpha value is -3.52. The number of fused-ring (bicyclic) bond motifs is 1. The van der Waals surface area contributed by atoms with Gasteiger partial charge in [0.2, 0.25) is 5.91 Å². The van der Waals surface area contributed by atoms with E-state index < -0.39 is 0 Å². The average Bonchev–Trinajstić information content (AvgIpc) is 3.37. The summed E-state index contributed by atoms with van der Waals surface area (Å²) in [5.41, 5.74) is 3.19. The Morgan fingerprint density at radius 1 is 1.08 bits per heavy atom. The molecule has 204 valence electrons. The molecule has 3 heterocycles. The van der Waals surface area contributed by atoms with Crippen LogP contribution in [-0.2, 0) is 11.2 Å². The van der Waals surface area contributed by atoms with Gasteiger partial charge in [-0.25, -0.2) is 15.0 Å². The molecule has 0 spiro atoms. The van der Waals surface area contributed by atoms with E-state index in [1.165, 1.54) is 17.7 Å². The standard InChI is InChI=1S/C27H29IN6O4S/c1-6-34(7-2)21(35)11-16-8-9-29-20(10-16)32-26-25-24(30-14-31-26)17(13-39-25)27(36)33-23-15(3)18(37-4)12-19(38-5)22(23)28/h8-10,12-14H,6-7,11H2,1-5H3,(H,33,36)(H,29,30,31,32). The normalized spacial score (nSPS) is 10.8. The van der Waals surface area contributed by atoms with Crippen LogP contribution < -0.4 is 20.1 Å². The van der Waals surface area contributed by atoms with Crippen molar-refractivity contribution in [3.8, 4) is 11.5 Å². The smallest absolute Gasteiger partial charge is 0.258 e. The van der Waals surface area contributed by atoms with E-state index in [0.29, 0.717) is 57.7 Å². The molecule has 2 N–H and O–H groups in total. The number of methoxy groups -OCH3 is 2. The van der Waals surface area contributed by atoms with E-state index in [1.807, 2.05) is 32.9 Å². The van der Waals surface area contributed by atoms with Gasteiger partial charge in [0.15, 0.2) is 5.82 Å². The van der Waals surface area contributed by atoms with Crippen LogP contribution in [0, 0.1) is 10.5 Å². The molecule has 39 heavy (non-hydrogen) atoms. The van der Waals surface area contributed by atoms with Gasteiger partial charge in [0.05, 0.1) is 45.7 Å². The Kier molecular flexibility index (Phi) is 9.17. The zero-order valence-corrected chi connectivity index (χ0v) is 25.3. The minimum Gasteiger partial charge on any atom is -0.496 e. The second-order valence-electron chi connectivity index (χ2n) is 8.52. The second-order valence-corrected chi connectivity index (χ2v) is 10.5. The first kappa shape index (κ1) is 28.5. The monoisotopic (exact) mass is 660 g/mol. The first-order valence-corrected chi connectivity index (χ1v) is 14.2. The molecule has 0 saturated carbocycles. The van der Waals surface area contributed by atoms with E-state index in [4.69, 9.17) is 9.47 Å². The number of thiophene rings is 1. The molecule has 3 aromatic heterocycles. The van der Waals surface area contributed by atoms with Crippen LogP contribution in [-0.4, -0.2) is 59.0 Å². The van der Waals surface area contributed by atoms with Crippen LogP contribution in [0.2, 0.25) is 0 Å². The minimum absolute atomic E-state index is 0.0639. The number of halogens is 1. The zero-order chi connectivity index (χ0) is 28.1. The molecule has 4 aromatic rings. The fourth-order valence-corrected chi connectivity index (χ4v) is 5.99. The molecule has 12 heteroatoms. The number of aromatic nitrogens is 3. The topological polar surface area (TPSA) is 119 Å². The van der Waals surface area contributed by atoms with E-state index in [2.05, 4.69) is 48.2 Å². The maximum absolute atomic E-state index is 13.4. The van der Waals surface area contributed by atoms with Crippen molar-refractivity contribution >= 4 is 73.3 Å². The van der Waals surface area contributed by atoms with Gasteiger partial charge in [-0.3, -0.25) is 9.59 Å². The molecule has 0 radical (unpaired) electrons. The number of amides is 2. The van der Waals surface area contributed by atoms with E-state index in [1.54, 1.807) is 36.8 Å². The molecule has 0 aliphatic heterocycles. The molecule has 10 nitrogen and oxygen atoms in total. The predicted octanol–water partition coefficient (Wildman–Crippen LogP) is 5.42. The van der Waals surface area contributed by atoms with Crippen molar-refractivity contribution in [2.24, 2.45) is 0 Å². The maximum atomic E-state index is 13.4. The average molecular weight is 661 g/mol. The Balaban J connectivity index is 1.59. The molecule has 0 aliphatic carbocycles. The SMILES string of the molecule is CCN(CC)C(=O)Cc1ccnc(Nc2ncnc3c(C(=O)Nc4c(C)c(OC)cc(OC)c4I)csc23)c1. The van der Waals surface area contributed by atoms with Crippen LogP contribution in [0.4, 0.5) is 17.3 Å². The molecule has 2 amide bonds. The number of hydrogen-bond donors (Lipinski definition) is 2. The Morgan fingerprint density at radius 3 is 2.51 bits per heavy atom. The van der Waals surface area contributed by atoms with Gasteiger partial charge < -0.3 is 25.0 Å². The van der Waals surface area contributed by atoms with E-state index >= 15 is 0 Å². The first-order chi connectivity index (χ1) is 18.8. The van der Waals surface area contributed by atoms with Crippen LogP contribution in [0.5, 0.6) is 11.5 Å². The Morgan fingerprint density at radius 2 is 1.82 bits per heavy atom. The third-order valence-corrected chi connectivity index (χ3v) is 8.31. The lowest BCUT2D eigenvalue weighted by Gasteiger charge is -2.18. The van der Waals surface area contributed by atoms with Gasteiger partial charge in [0.25, 0.3) is 5.91 Å². The number of anilines is 3. The van der Waals surface area contributed by atoms with E-state index in [0.717, 1.165) is 14.7 Å². The molecule has 0 fully saturated rings. The largest absolute Gasteiger partial charge is 0.496 e. The number of benzene rings is 1. The summed E-state index contributed by atoms with van der Waals surface area (Å²) in [6.07, 6.45) is 3.35. The molecular weight excluding hydrogens is 631 g/mol. The zero-order valence-electron chi connectivity index (χ0n) is 22.3. The van der Waals surface area contributed by atoms with Crippen molar-refractivity contribution in [2.45, 2.75) is 27.2 Å². The Labute approximate surface area is 244 Å². The van der Waals surface area contributed by atoms with Crippen LogP contribution in [0.25, 0.3) is 10.2 Å². The summed E-state index contributed by atoms with van der Waals surface area (Å²) in [7, 11) is 3.15. The quantitative estimate of drug-likeness (QED) is 0.217. The maximum Gasteiger partial charge on any atom is 0.258 e. The van der Waals surface area contributed by atoms with Crippen molar-refractivity contribution in [1.29, 1.82) is 0 Å². The van der Waals surface area contributed by atoms with E-state index in [9.17, 15) is 9.59 Å². The summed E-state index contributed by atoms with van der Waals surface area (Å²) in [6, 6.07) is 5.45. The Bertz CT molecular complexity index is 1490. The number of nitrogens with zero attached hydrogens (tertiary/aromatic N) is 4. The molecule has 1 aromatic carbocycles. The lowest BCUT2D eigenvalue weighted by atomic mass is 10.1. The van der Waals surface area contributed by atoms with Gasteiger partial charge in [0, 0.05) is 36.3 Å². The molecule has 0 bridgehead atoms. The molecule has 4 rings (SSSR count). The minimum atomic E-state index is -0.308. The summed E-state index contributed by atoms with van der Waals surface area (Å²) in [4.78, 5) is 40.9. The van der Waals surface area contributed by atoms with Crippen LogP contribution in [0.15, 0.2) is 36.1 Å². The summed E-state index contributed by atoms with van der Waals surface area (Å²) >= 11 is 3.50. The number of carbonyl (C=O) groups is 2. The van der Waals surface area contributed by atoms with Gasteiger partial charge in [-0.05, 0) is 61.1 Å². The molecule has 0 saturated heterocycles. The highest BCUT2D eigenvalue weighted by Crippen LogP contribution is 2.39. The number of nitrogens with one attached hydrogen (secondary N) is 2. The number of likely N-dealkylation sites (N-methyl/N-ethyl adjacent to an activating group) is 1. The lowest BCUT2D eigenvalue weighted by Crippen LogP contribution is -2.31. The van der Waals surface area contributed by atoms with E-state index in [-0.39, 0.29) is 18.2 Å². The highest BCUT2D eigenvalue weighted by Gasteiger charge is 2.21. The van der Waals surface area contributed by atoms with Gasteiger partial charge in [-0.1, -0.05) is 0 Å². The molecule has 0 atom stereocenters. The summed E-state index contributed by atoms with van der Waals surface area (Å²) < 4.78 is 12.4. The lowest BCUT2D eigenvalue weighted by molar-refractivity contribution is -0.130. The van der Waals surface area contributed by atoms with Crippen molar-refractivity contribution in [2.75, 3.05) is 37.9 Å².